The summed E-state index contributed by atoms with van der Waals surface area (Å²) in [7, 11) is 0. The highest BCUT2D eigenvalue weighted by molar-refractivity contribution is 5.82. The molecular formula is C10H18N4. The zero-order chi connectivity index (χ0) is 10.9. The Balaban J connectivity index is 2.88. The second-order valence-electron chi connectivity index (χ2n) is 4.38. The highest BCUT2D eigenvalue weighted by Gasteiger charge is 2.23. The number of amidine groups is 1. The van der Waals surface area contributed by atoms with Crippen LogP contribution in [0.15, 0.2) is 6.07 Å². The molecule has 14 heavy (non-hydrogen) atoms. The van der Waals surface area contributed by atoms with E-state index in [-0.39, 0.29) is 11.3 Å². The number of nitrogens with two attached hydrogens (primary N) is 1. The van der Waals surface area contributed by atoms with Gasteiger partial charge in [-0.05, 0) is 19.9 Å². The van der Waals surface area contributed by atoms with Gasteiger partial charge in [0.1, 0.15) is 0 Å². The minimum atomic E-state index is -0.330. The largest absolute Gasteiger partial charge is 0.387 e. The van der Waals surface area contributed by atoms with E-state index < -0.39 is 0 Å². The van der Waals surface area contributed by atoms with Crippen LogP contribution in [-0.2, 0) is 6.54 Å². The van der Waals surface area contributed by atoms with Gasteiger partial charge >= 0.3 is 0 Å². The zero-order valence-electron chi connectivity index (χ0n) is 9.26. The van der Waals surface area contributed by atoms with E-state index in [0.717, 1.165) is 11.4 Å². The lowest BCUT2D eigenvalue weighted by Crippen LogP contribution is -2.35. The lowest BCUT2D eigenvalue weighted by molar-refractivity contribution is 0.391. The van der Waals surface area contributed by atoms with Crippen molar-refractivity contribution in [2.45, 2.75) is 34.2 Å². The van der Waals surface area contributed by atoms with Crippen LogP contribution in [0, 0.1) is 24.7 Å². The molecule has 0 aliphatic carbocycles. The first-order valence-corrected chi connectivity index (χ1v) is 4.68. The van der Waals surface area contributed by atoms with Crippen LogP contribution in [0.25, 0.3) is 0 Å². The van der Waals surface area contributed by atoms with E-state index in [2.05, 4.69) is 5.10 Å². The molecule has 0 unspecified atom stereocenters. The molecule has 0 bridgehead atoms. The van der Waals surface area contributed by atoms with Crippen LogP contribution in [0.1, 0.15) is 25.2 Å². The third-order valence-electron chi connectivity index (χ3n) is 2.38. The summed E-state index contributed by atoms with van der Waals surface area (Å²) in [6, 6.07) is 2.02. The van der Waals surface area contributed by atoms with Gasteiger partial charge < -0.3 is 5.73 Å². The Bertz CT molecular complexity index is 349. The summed E-state index contributed by atoms with van der Waals surface area (Å²) in [5, 5.41) is 11.8. The number of nitrogens with zero attached hydrogens (tertiary/aromatic N) is 2. The van der Waals surface area contributed by atoms with Crippen molar-refractivity contribution in [2.24, 2.45) is 11.1 Å². The van der Waals surface area contributed by atoms with Gasteiger partial charge in [-0.15, -0.1) is 0 Å². The average molecular weight is 194 g/mol. The molecule has 4 heteroatoms. The standard InChI is InChI=1S/C10H18N4/c1-7-5-8(2)14(13-7)6-10(3,4)9(11)12/h5H,6H2,1-4H3,(H3,11,12). The molecule has 0 aliphatic heterocycles. The van der Waals surface area contributed by atoms with Crippen molar-refractivity contribution in [3.8, 4) is 0 Å². The van der Waals surface area contributed by atoms with Crippen molar-refractivity contribution in [3.05, 3.63) is 17.5 Å². The lowest BCUT2D eigenvalue weighted by Gasteiger charge is -2.23. The van der Waals surface area contributed by atoms with Gasteiger partial charge in [0.15, 0.2) is 0 Å². The summed E-state index contributed by atoms with van der Waals surface area (Å²) in [5.74, 6) is 0.199. The van der Waals surface area contributed by atoms with Crippen molar-refractivity contribution in [2.75, 3.05) is 0 Å². The second kappa shape index (κ2) is 3.44. The highest BCUT2D eigenvalue weighted by Crippen LogP contribution is 2.18. The Morgan fingerprint density at radius 1 is 1.57 bits per heavy atom. The van der Waals surface area contributed by atoms with Crippen molar-refractivity contribution >= 4 is 5.84 Å². The molecular weight excluding hydrogens is 176 g/mol. The van der Waals surface area contributed by atoms with Gasteiger partial charge in [0, 0.05) is 11.1 Å². The SMILES string of the molecule is Cc1cc(C)n(CC(C)(C)C(=N)N)n1. The molecule has 0 atom stereocenters. The third-order valence-corrected chi connectivity index (χ3v) is 2.38. The fourth-order valence-corrected chi connectivity index (χ4v) is 1.29. The molecule has 0 aromatic carbocycles. The molecule has 78 valence electrons. The molecule has 0 radical (unpaired) electrons. The summed E-state index contributed by atoms with van der Waals surface area (Å²) in [4.78, 5) is 0. The molecule has 0 aliphatic rings. The third kappa shape index (κ3) is 2.13. The topological polar surface area (TPSA) is 67.7 Å². The Morgan fingerprint density at radius 2 is 2.14 bits per heavy atom. The van der Waals surface area contributed by atoms with E-state index in [1.54, 1.807) is 0 Å². The Hall–Kier alpha value is -1.32. The molecule has 1 aromatic rings. The smallest absolute Gasteiger partial charge is 0.0981 e. The molecule has 1 aromatic heterocycles. The summed E-state index contributed by atoms with van der Waals surface area (Å²) < 4.78 is 1.90. The predicted octanol–water partition coefficient (Wildman–Crippen LogP) is 1.46. The van der Waals surface area contributed by atoms with Gasteiger partial charge in [0.2, 0.25) is 0 Å². The predicted molar refractivity (Wildman–Crippen MR) is 57.4 cm³/mol. The van der Waals surface area contributed by atoms with Gasteiger partial charge in [-0.1, -0.05) is 13.8 Å². The first-order valence-electron chi connectivity index (χ1n) is 4.68. The molecule has 1 heterocycles. The normalized spacial score (nSPS) is 11.7. The molecule has 1 rings (SSSR count). The molecule has 0 saturated carbocycles. The average Bonchev–Trinajstić information content (AvgIpc) is 2.29. The monoisotopic (exact) mass is 194 g/mol. The van der Waals surface area contributed by atoms with Crippen molar-refractivity contribution in [3.63, 3.8) is 0 Å². The van der Waals surface area contributed by atoms with E-state index in [1.165, 1.54) is 0 Å². The number of aryl methyl sites for hydroxylation is 2. The number of hydrogen-bond donors (Lipinski definition) is 2. The lowest BCUT2D eigenvalue weighted by atomic mass is 9.92. The van der Waals surface area contributed by atoms with E-state index >= 15 is 0 Å². The summed E-state index contributed by atoms with van der Waals surface area (Å²) in [6.45, 7) is 8.53. The Labute approximate surface area is 84.6 Å². The Kier molecular flexibility index (Phi) is 2.64. The maximum Gasteiger partial charge on any atom is 0.0981 e. The number of hydrogen-bond acceptors (Lipinski definition) is 2. The van der Waals surface area contributed by atoms with E-state index in [0.29, 0.717) is 6.54 Å². The highest BCUT2D eigenvalue weighted by atomic mass is 15.3. The van der Waals surface area contributed by atoms with E-state index in [1.807, 2.05) is 38.4 Å². The first-order chi connectivity index (χ1) is 6.33. The van der Waals surface area contributed by atoms with Crippen LogP contribution < -0.4 is 5.73 Å². The molecule has 0 saturated heterocycles. The minimum absolute atomic E-state index is 0.199. The summed E-state index contributed by atoms with van der Waals surface area (Å²) in [6.07, 6.45) is 0. The van der Waals surface area contributed by atoms with Gasteiger partial charge in [-0.2, -0.15) is 5.10 Å². The fraction of sp³-hybridized carbons (Fsp3) is 0.600. The van der Waals surface area contributed by atoms with Crippen LogP contribution in [0.3, 0.4) is 0 Å². The van der Waals surface area contributed by atoms with Crippen molar-refractivity contribution in [1.29, 1.82) is 5.41 Å². The molecule has 0 spiro atoms. The van der Waals surface area contributed by atoms with Crippen LogP contribution in [0.2, 0.25) is 0 Å². The number of nitrogens with one attached hydrogen (secondary N) is 1. The molecule has 4 nitrogen and oxygen atoms in total. The summed E-state index contributed by atoms with van der Waals surface area (Å²) >= 11 is 0. The maximum atomic E-state index is 7.46. The minimum Gasteiger partial charge on any atom is -0.387 e. The van der Waals surface area contributed by atoms with Crippen molar-refractivity contribution < 1.29 is 0 Å². The van der Waals surface area contributed by atoms with Crippen molar-refractivity contribution in [1.82, 2.24) is 9.78 Å². The van der Waals surface area contributed by atoms with Gasteiger partial charge in [-0.25, -0.2) is 0 Å². The molecule has 0 amide bonds. The van der Waals surface area contributed by atoms with Crippen LogP contribution >= 0.6 is 0 Å². The van der Waals surface area contributed by atoms with Gasteiger partial charge in [-0.3, -0.25) is 10.1 Å². The molecule has 3 N–H and O–H groups in total. The maximum absolute atomic E-state index is 7.46. The fourth-order valence-electron chi connectivity index (χ4n) is 1.29. The summed E-state index contributed by atoms with van der Waals surface area (Å²) in [5.41, 5.74) is 7.30. The van der Waals surface area contributed by atoms with Crippen LogP contribution in [0.5, 0.6) is 0 Å². The second-order valence-corrected chi connectivity index (χ2v) is 4.38. The quantitative estimate of drug-likeness (QED) is 0.565. The van der Waals surface area contributed by atoms with Gasteiger partial charge in [0.05, 0.1) is 18.1 Å². The van der Waals surface area contributed by atoms with E-state index in [9.17, 15) is 0 Å². The van der Waals surface area contributed by atoms with Crippen LogP contribution in [-0.4, -0.2) is 15.6 Å². The number of aromatic nitrogens is 2. The Morgan fingerprint density at radius 3 is 2.50 bits per heavy atom. The first kappa shape index (κ1) is 10.8. The van der Waals surface area contributed by atoms with Gasteiger partial charge in [0.25, 0.3) is 0 Å². The molecule has 0 fully saturated rings. The zero-order valence-corrected chi connectivity index (χ0v) is 9.26. The van der Waals surface area contributed by atoms with Crippen LogP contribution in [0.4, 0.5) is 0 Å². The van der Waals surface area contributed by atoms with E-state index in [4.69, 9.17) is 11.1 Å². The number of rotatable bonds is 3.